The Bertz CT molecular complexity index is 1610. The molecule has 6 nitrogen and oxygen atoms in total. The van der Waals surface area contributed by atoms with Crippen molar-refractivity contribution in [1.82, 2.24) is 0 Å². The van der Waals surface area contributed by atoms with E-state index < -0.39 is 6.04 Å². The Morgan fingerprint density at radius 3 is 2.08 bits per heavy atom. The van der Waals surface area contributed by atoms with Crippen molar-refractivity contribution in [2.24, 2.45) is 5.41 Å². The van der Waals surface area contributed by atoms with Crippen LogP contribution in [0.15, 0.2) is 95.3 Å². The number of hydrogen-bond acceptors (Lipinski definition) is 6. The topological polar surface area (TPSA) is 69.7 Å². The van der Waals surface area contributed by atoms with Crippen LogP contribution in [0.1, 0.15) is 65.9 Å². The lowest BCUT2D eigenvalue weighted by atomic mass is 9.73. The molecule has 1 atom stereocenters. The third kappa shape index (κ3) is 4.06. The Morgan fingerprint density at radius 2 is 1.45 bits per heavy atom. The summed E-state index contributed by atoms with van der Waals surface area (Å²) in [5.41, 5.74) is 6.52. The maximum atomic E-state index is 14.0. The molecule has 1 aliphatic heterocycles. The van der Waals surface area contributed by atoms with Gasteiger partial charge in [-0.15, -0.1) is 0 Å². The fourth-order valence-electron chi connectivity index (χ4n) is 6.33. The van der Waals surface area contributed by atoms with Gasteiger partial charge in [-0.25, -0.2) is 0 Å². The lowest BCUT2D eigenvalue weighted by Crippen LogP contribution is -2.36. The second-order valence-corrected chi connectivity index (χ2v) is 11.9. The molecular weight excluding hydrogens is 498 g/mol. The van der Waals surface area contributed by atoms with Crippen molar-refractivity contribution in [2.75, 3.05) is 29.2 Å². The SMILES string of the molecule is CC(=C1C(=O)c2ccccc2C1=O)N1c2ccccc2NC2=C(C(=O)CC(C)(C)C2)[C@@H]1c1ccc(N(C)C)cc1. The number of fused-ring (bicyclic) bond motifs is 2. The fraction of sp³-hybridized carbons (Fsp3) is 0.265. The largest absolute Gasteiger partial charge is 0.378 e. The zero-order valence-electron chi connectivity index (χ0n) is 23.5. The number of para-hydroxylation sites is 2. The summed E-state index contributed by atoms with van der Waals surface area (Å²) in [6.07, 6.45) is 1.13. The first-order valence-electron chi connectivity index (χ1n) is 13.7. The van der Waals surface area contributed by atoms with Crippen molar-refractivity contribution >= 4 is 34.4 Å². The summed E-state index contributed by atoms with van der Waals surface area (Å²) in [7, 11) is 3.98. The fourth-order valence-corrected chi connectivity index (χ4v) is 6.33. The average molecular weight is 532 g/mol. The number of carbonyl (C=O) groups excluding carboxylic acids is 3. The molecule has 0 bridgehead atoms. The molecule has 6 heteroatoms. The summed E-state index contributed by atoms with van der Waals surface area (Å²) in [6, 6.07) is 22.5. The predicted octanol–water partition coefficient (Wildman–Crippen LogP) is 6.72. The third-order valence-corrected chi connectivity index (χ3v) is 8.22. The highest BCUT2D eigenvalue weighted by molar-refractivity contribution is 6.40. The zero-order chi connectivity index (χ0) is 28.3. The first-order valence-corrected chi connectivity index (χ1v) is 13.7. The molecule has 0 saturated heterocycles. The lowest BCUT2D eigenvalue weighted by Gasteiger charge is -2.39. The van der Waals surface area contributed by atoms with E-state index in [2.05, 4.69) is 19.2 Å². The molecule has 2 aliphatic carbocycles. The van der Waals surface area contributed by atoms with Crippen molar-refractivity contribution < 1.29 is 14.4 Å². The number of ketones is 3. The van der Waals surface area contributed by atoms with Gasteiger partial charge in [0.1, 0.15) is 0 Å². The molecule has 1 N–H and O–H groups in total. The van der Waals surface area contributed by atoms with Crippen LogP contribution in [0.4, 0.5) is 17.1 Å². The Kier molecular flexibility index (Phi) is 6.02. The van der Waals surface area contributed by atoms with Crippen LogP contribution in [-0.2, 0) is 4.79 Å². The van der Waals surface area contributed by atoms with Gasteiger partial charge in [-0.3, -0.25) is 14.4 Å². The number of nitrogens with zero attached hydrogens (tertiary/aromatic N) is 2. The quantitative estimate of drug-likeness (QED) is 0.299. The minimum Gasteiger partial charge on any atom is -0.378 e. The van der Waals surface area contributed by atoms with E-state index in [0.29, 0.717) is 35.2 Å². The van der Waals surface area contributed by atoms with Gasteiger partial charge in [0.2, 0.25) is 0 Å². The van der Waals surface area contributed by atoms with Crippen molar-refractivity contribution in [3.63, 3.8) is 0 Å². The van der Waals surface area contributed by atoms with Gasteiger partial charge >= 0.3 is 0 Å². The normalized spacial score (nSPS) is 19.5. The van der Waals surface area contributed by atoms with Crippen LogP contribution in [0.25, 0.3) is 0 Å². The van der Waals surface area contributed by atoms with E-state index >= 15 is 0 Å². The van der Waals surface area contributed by atoms with Gasteiger partial charge in [0.25, 0.3) is 0 Å². The molecular formula is C34H33N3O3. The Balaban J connectivity index is 1.64. The number of anilines is 3. The Hall–Kier alpha value is -4.45. The van der Waals surface area contributed by atoms with Gasteiger partial charge in [0, 0.05) is 54.3 Å². The maximum Gasteiger partial charge on any atom is 0.199 e. The van der Waals surface area contributed by atoms with Crippen LogP contribution >= 0.6 is 0 Å². The monoisotopic (exact) mass is 531 g/mol. The number of allylic oxidation sites excluding steroid dienone is 3. The van der Waals surface area contributed by atoms with Gasteiger partial charge in [-0.2, -0.15) is 0 Å². The van der Waals surface area contributed by atoms with Gasteiger partial charge in [0.15, 0.2) is 17.3 Å². The highest BCUT2D eigenvalue weighted by Gasteiger charge is 2.44. The molecule has 202 valence electrons. The first kappa shape index (κ1) is 25.8. The first-order chi connectivity index (χ1) is 19.1. The molecule has 3 aromatic rings. The molecule has 40 heavy (non-hydrogen) atoms. The van der Waals surface area contributed by atoms with Crippen LogP contribution < -0.4 is 15.1 Å². The van der Waals surface area contributed by atoms with Crippen LogP contribution in [0.2, 0.25) is 0 Å². The molecule has 6 rings (SSSR count). The molecule has 1 heterocycles. The third-order valence-electron chi connectivity index (χ3n) is 8.22. The zero-order valence-corrected chi connectivity index (χ0v) is 23.5. The minimum atomic E-state index is -0.525. The molecule has 0 saturated carbocycles. The van der Waals surface area contributed by atoms with E-state index in [4.69, 9.17) is 0 Å². The van der Waals surface area contributed by atoms with Crippen molar-refractivity contribution in [3.8, 4) is 0 Å². The second-order valence-electron chi connectivity index (χ2n) is 11.9. The van der Waals surface area contributed by atoms with Crippen LogP contribution in [0.3, 0.4) is 0 Å². The molecule has 0 radical (unpaired) electrons. The highest BCUT2D eigenvalue weighted by atomic mass is 16.2. The van der Waals surface area contributed by atoms with Gasteiger partial charge in [-0.1, -0.05) is 62.4 Å². The molecule has 3 aromatic carbocycles. The van der Waals surface area contributed by atoms with E-state index in [1.807, 2.05) is 79.3 Å². The van der Waals surface area contributed by atoms with E-state index in [9.17, 15) is 14.4 Å². The Labute approximate surface area is 235 Å². The number of hydrogen-bond donors (Lipinski definition) is 1. The van der Waals surface area contributed by atoms with E-state index in [1.165, 1.54) is 0 Å². The summed E-state index contributed by atoms with van der Waals surface area (Å²) in [4.78, 5) is 45.4. The van der Waals surface area contributed by atoms with E-state index in [1.54, 1.807) is 24.3 Å². The number of Topliss-reactive ketones (excluding diaryl/α,β-unsaturated/α-hetero) is 3. The Morgan fingerprint density at radius 1 is 0.850 bits per heavy atom. The maximum absolute atomic E-state index is 14.0. The van der Waals surface area contributed by atoms with Crippen LogP contribution in [-0.4, -0.2) is 31.4 Å². The summed E-state index contributed by atoms with van der Waals surface area (Å²) in [5.74, 6) is -0.483. The highest BCUT2D eigenvalue weighted by Crippen LogP contribution is 2.50. The molecule has 0 unspecified atom stereocenters. The van der Waals surface area contributed by atoms with Crippen LogP contribution in [0, 0.1) is 5.41 Å². The number of carbonyl (C=O) groups is 3. The smallest absolute Gasteiger partial charge is 0.199 e. The second kappa shape index (κ2) is 9.33. The summed E-state index contributed by atoms with van der Waals surface area (Å²) < 4.78 is 0. The lowest BCUT2D eigenvalue weighted by molar-refractivity contribution is -0.118. The number of rotatable bonds is 3. The van der Waals surface area contributed by atoms with Crippen molar-refractivity contribution in [3.05, 3.63) is 112 Å². The molecule has 3 aliphatic rings. The minimum absolute atomic E-state index is 0.0726. The standard InChI is InChI=1S/C34H33N3O3/c1-20(29-32(39)23-10-6-7-11-24(23)33(29)40)37-27-13-9-8-12-25(27)35-26-18-34(2,3)19-28(38)30(26)31(37)21-14-16-22(17-15-21)36(4)5/h6-17,31,35H,18-19H2,1-5H3/t31-/m0/s1. The number of nitrogens with one attached hydrogen (secondary N) is 1. The number of benzene rings is 3. The summed E-state index contributed by atoms with van der Waals surface area (Å²) in [5, 5.41) is 3.61. The van der Waals surface area contributed by atoms with Crippen molar-refractivity contribution in [2.45, 2.75) is 39.7 Å². The van der Waals surface area contributed by atoms with Crippen molar-refractivity contribution in [1.29, 1.82) is 0 Å². The van der Waals surface area contributed by atoms with Gasteiger partial charge in [-0.05, 0) is 48.6 Å². The van der Waals surface area contributed by atoms with Gasteiger partial charge in [0.05, 0.1) is 23.0 Å². The van der Waals surface area contributed by atoms with E-state index in [-0.39, 0.29) is 28.3 Å². The van der Waals surface area contributed by atoms with Gasteiger partial charge < -0.3 is 15.1 Å². The summed E-state index contributed by atoms with van der Waals surface area (Å²) in [6.45, 7) is 6.07. The molecule has 0 amide bonds. The molecule has 0 spiro atoms. The molecule has 0 fully saturated rings. The molecule has 0 aromatic heterocycles. The average Bonchev–Trinajstić information content (AvgIpc) is 3.07. The van der Waals surface area contributed by atoms with E-state index in [0.717, 1.165) is 28.3 Å². The summed E-state index contributed by atoms with van der Waals surface area (Å²) >= 11 is 0. The predicted molar refractivity (Wildman–Crippen MR) is 159 cm³/mol. The van der Waals surface area contributed by atoms with Crippen LogP contribution in [0.5, 0.6) is 0 Å².